The molecule has 4 fully saturated rings. The van der Waals surface area contributed by atoms with Gasteiger partial charge in [-0.15, -0.1) is 0 Å². The Morgan fingerprint density at radius 2 is 2.00 bits per heavy atom. The molecule has 0 saturated carbocycles. The molecule has 0 radical (unpaired) electrons. The summed E-state index contributed by atoms with van der Waals surface area (Å²) in [6.07, 6.45) is 2.06. The van der Waals surface area contributed by atoms with Gasteiger partial charge in [0, 0.05) is 18.8 Å². The molecule has 3 unspecified atom stereocenters. The molecule has 0 aliphatic carbocycles. The van der Waals surface area contributed by atoms with Gasteiger partial charge in [-0.05, 0) is 12.1 Å². The number of hydrogen-bond donors (Lipinski definition) is 4. The maximum absolute atomic E-state index is 10.9. The number of aliphatic hydroxyl groups is 1. The van der Waals surface area contributed by atoms with Gasteiger partial charge >= 0.3 is 0 Å². The highest BCUT2D eigenvalue weighted by molar-refractivity contribution is 5.34. The summed E-state index contributed by atoms with van der Waals surface area (Å²) in [6.45, 7) is 2.19. The third-order valence-electron chi connectivity index (χ3n) is 5.16. The fraction of sp³-hybridized carbons (Fsp3) is 0.571. The number of rotatable bonds is 1. The third kappa shape index (κ3) is 1.50. The summed E-state index contributed by atoms with van der Waals surface area (Å²) < 4.78 is 0. The number of benzene rings is 1. The van der Waals surface area contributed by atoms with E-state index in [9.17, 15) is 10.2 Å². The van der Waals surface area contributed by atoms with Crippen molar-refractivity contribution in [3.8, 4) is 5.75 Å². The average molecular weight is 264 g/mol. The predicted octanol–water partition coefficient (Wildman–Crippen LogP) is -1.69. The van der Waals surface area contributed by atoms with Gasteiger partial charge in [0.05, 0.1) is 18.7 Å². The number of hydrogen-bond acceptors (Lipinski definition) is 3. The molecule has 2 bridgehead atoms. The van der Waals surface area contributed by atoms with Gasteiger partial charge in [0.15, 0.2) is 0 Å². The van der Waals surface area contributed by atoms with Crippen LogP contribution >= 0.6 is 0 Å². The second kappa shape index (κ2) is 3.93. The second-order valence-electron chi connectivity index (χ2n) is 6.00. The van der Waals surface area contributed by atoms with E-state index in [1.165, 1.54) is 4.90 Å². The summed E-state index contributed by atoms with van der Waals surface area (Å²) in [5.74, 6) is -0.501. The molecule has 4 heterocycles. The van der Waals surface area contributed by atoms with Gasteiger partial charge in [-0.25, -0.2) is 0 Å². The number of piperidine rings is 3. The van der Waals surface area contributed by atoms with Crippen LogP contribution in [0.1, 0.15) is 24.4 Å². The highest BCUT2D eigenvalue weighted by atomic mass is 16.8. The Hall–Kier alpha value is -1.14. The number of para-hydroxylation sites is 1. The number of phenols is 1. The number of hydroxylamine groups is 1. The number of fused-ring (bicyclic) bond motifs is 2. The smallest absolute Gasteiger partial charge is 0.285 e. The number of nitrogens with one attached hydrogen (secondary N) is 1. The van der Waals surface area contributed by atoms with Crippen LogP contribution in [0.2, 0.25) is 0 Å². The normalized spacial score (nSPS) is 44.3. The van der Waals surface area contributed by atoms with E-state index < -0.39 is 5.79 Å². The molecule has 5 N–H and O–H groups in total. The minimum atomic E-state index is -1.03. The van der Waals surface area contributed by atoms with Gasteiger partial charge in [-0.1, -0.05) is 12.1 Å². The van der Waals surface area contributed by atoms with Crippen LogP contribution in [0.3, 0.4) is 0 Å². The Morgan fingerprint density at radius 1 is 1.26 bits per heavy atom. The Labute approximate surface area is 111 Å². The first-order chi connectivity index (χ1) is 9.20. The Kier molecular flexibility index (Phi) is 2.41. The molecule has 4 aliphatic heterocycles. The molecule has 5 rings (SSSR count). The average Bonchev–Trinajstić information content (AvgIpc) is 2.81. The molecule has 102 valence electrons. The quantitative estimate of drug-likeness (QED) is 0.489. The van der Waals surface area contributed by atoms with Crippen molar-refractivity contribution < 1.29 is 25.4 Å². The van der Waals surface area contributed by atoms with Crippen LogP contribution < -0.4 is 10.4 Å². The predicted molar refractivity (Wildman–Crippen MR) is 66.0 cm³/mol. The summed E-state index contributed by atoms with van der Waals surface area (Å²) in [4.78, 5) is 7.11. The van der Waals surface area contributed by atoms with Crippen molar-refractivity contribution >= 4 is 0 Å². The number of phenolic OH excluding ortho intramolecular Hbond substituents is 1. The molecule has 1 aromatic rings. The van der Waals surface area contributed by atoms with E-state index in [2.05, 4.69) is 0 Å². The van der Waals surface area contributed by atoms with Crippen LogP contribution in [0, 0.1) is 5.92 Å². The van der Waals surface area contributed by atoms with Gasteiger partial charge in [0.25, 0.3) is 5.79 Å². The lowest BCUT2D eigenvalue weighted by atomic mass is 9.75. The number of aromatic hydroxyl groups is 1. The van der Waals surface area contributed by atoms with Crippen LogP contribution in [0.15, 0.2) is 24.3 Å². The molecule has 4 saturated heterocycles. The first-order valence-corrected chi connectivity index (χ1v) is 7.06. The Balaban J connectivity index is 1.75. The summed E-state index contributed by atoms with van der Waals surface area (Å²) in [7, 11) is 0. The van der Waals surface area contributed by atoms with E-state index in [0.29, 0.717) is 5.75 Å². The first kappa shape index (κ1) is 11.7. The van der Waals surface area contributed by atoms with Crippen molar-refractivity contribution in [3.05, 3.63) is 29.8 Å². The maximum Gasteiger partial charge on any atom is 0.285 e. The molecule has 1 aromatic carbocycles. The van der Waals surface area contributed by atoms with Gasteiger partial charge < -0.3 is 15.1 Å². The lowest BCUT2D eigenvalue weighted by Crippen LogP contribution is -3.22. The lowest BCUT2D eigenvalue weighted by Gasteiger charge is -2.46. The summed E-state index contributed by atoms with van der Waals surface area (Å²) >= 11 is 0. The van der Waals surface area contributed by atoms with Gasteiger partial charge in [0.2, 0.25) is 12.1 Å². The SMILES string of the molecule is Oc1ccccc1C1[NH2+]OC2(O)C3CC[NH+](CC3)C12. The molecule has 0 aromatic heterocycles. The van der Waals surface area contributed by atoms with E-state index in [0.717, 1.165) is 31.5 Å². The highest BCUT2D eigenvalue weighted by Gasteiger charge is 2.68. The molecule has 5 heteroatoms. The minimum absolute atomic E-state index is 0.0216. The van der Waals surface area contributed by atoms with Gasteiger partial charge in [0.1, 0.15) is 5.75 Å². The monoisotopic (exact) mass is 264 g/mol. The van der Waals surface area contributed by atoms with Crippen LogP contribution in [0.4, 0.5) is 0 Å². The molecule has 4 aliphatic rings. The van der Waals surface area contributed by atoms with Crippen LogP contribution in [-0.2, 0) is 4.84 Å². The molecular formula is C14H20N2O3+2. The Bertz CT molecular complexity index is 501. The zero-order valence-electron chi connectivity index (χ0n) is 10.7. The number of nitrogens with two attached hydrogens (primary N) is 1. The van der Waals surface area contributed by atoms with Crippen molar-refractivity contribution in [1.29, 1.82) is 0 Å². The minimum Gasteiger partial charge on any atom is -0.507 e. The van der Waals surface area contributed by atoms with Crippen molar-refractivity contribution in [2.75, 3.05) is 13.1 Å². The van der Waals surface area contributed by atoms with E-state index in [1.807, 2.05) is 18.2 Å². The van der Waals surface area contributed by atoms with Crippen molar-refractivity contribution in [3.63, 3.8) is 0 Å². The van der Waals surface area contributed by atoms with Crippen LogP contribution in [0.5, 0.6) is 5.75 Å². The summed E-state index contributed by atoms with van der Waals surface area (Å²) in [6, 6.07) is 7.37. The standard InChI is InChI=1S/C14H18N2O3/c17-11-4-2-1-3-10(11)12-13-14(18,19-15-12)9-5-7-16(13)8-6-9/h1-4,9,12-13,15,17-18H,5-8H2/p+2. The molecule has 0 amide bonds. The van der Waals surface area contributed by atoms with Crippen molar-refractivity contribution in [2.45, 2.75) is 30.7 Å². The maximum atomic E-state index is 10.9. The molecule has 0 spiro atoms. The fourth-order valence-corrected chi connectivity index (χ4v) is 4.22. The van der Waals surface area contributed by atoms with Crippen LogP contribution in [0.25, 0.3) is 0 Å². The topological polar surface area (TPSA) is 70.7 Å². The number of quaternary nitrogens is 2. The zero-order chi connectivity index (χ0) is 13.0. The molecule has 3 atom stereocenters. The summed E-state index contributed by atoms with van der Waals surface area (Å²) in [5, 5.41) is 20.9. The fourth-order valence-electron chi connectivity index (χ4n) is 4.22. The first-order valence-electron chi connectivity index (χ1n) is 7.06. The molecular weight excluding hydrogens is 244 g/mol. The zero-order valence-corrected chi connectivity index (χ0v) is 10.7. The van der Waals surface area contributed by atoms with E-state index in [1.54, 1.807) is 11.5 Å². The Morgan fingerprint density at radius 3 is 2.74 bits per heavy atom. The molecule has 5 nitrogen and oxygen atoms in total. The highest BCUT2D eigenvalue weighted by Crippen LogP contribution is 2.40. The van der Waals surface area contributed by atoms with Crippen molar-refractivity contribution in [2.24, 2.45) is 5.92 Å². The van der Waals surface area contributed by atoms with E-state index >= 15 is 0 Å². The molecule has 19 heavy (non-hydrogen) atoms. The largest absolute Gasteiger partial charge is 0.507 e. The van der Waals surface area contributed by atoms with Crippen LogP contribution in [-0.4, -0.2) is 35.1 Å². The van der Waals surface area contributed by atoms with Gasteiger partial charge in [-0.3, -0.25) is 0 Å². The second-order valence-corrected chi connectivity index (χ2v) is 6.00. The third-order valence-corrected chi connectivity index (χ3v) is 5.16. The van der Waals surface area contributed by atoms with E-state index in [-0.39, 0.29) is 18.0 Å². The van der Waals surface area contributed by atoms with Gasteiger partial charge in [-0.2, -0.15) is 10.3 Å². The summed E-state index contributed by atoms with van der Waals surface area (Å²) in [5.41, 5.74) is 2.60. The van der Waals surface area contributed by atoms with Crippen molar-refractivity contribution in [1.82, 2.24) is 0 Å². The lowest BCUT2D eigenvalue weighted by molar-refractivity contribution is -0.958. The van der Waals surface area contributed by atoms with E-state index in [4.69, 9.17) is 4.84 Å².